The molecule has 1 aromatic carbocycles. The van der Waals surface area contributed by atoms with Crippen LogP contribution < -0.4 is 10.9 Å². The Kier molecular flexibility index (Phi) is 3.96. The van der Waals surface area contributed by atoms with Crippen LogP contribution in [0.25, 0.3) is 10.2 Å². The van der Waals surface area contributed by atoms with Gasteiger partial charge in [-0.15, -0.1) is 11.3 Å². The average Bonchev–Trinajstić information content (AvgIpc) is 2.80. The van der Waals surface area contributed by atoms with Crippen LogP contribution in [0.4, 0.5) is 10.1 Å². The van der Waals surface area contributed by atoms with Crippen molar-refractivity contribution in [3.63, 3.8) is 0 Å². The zero-order valence-corrected chi connectivity index (χ0v) is 13.4. The summed E-state index contributed by atoms with van der Waals surface area (Å²) in [7, 11) is 0. The molecule has 1 amide bonds. The van der Waals surface area contributed by atoms with Crippen LogP contribution >= 0.6 is 11.3 Å². The Labute approximate surface area is 135 Å². The molecule has 7 heteroatoms. The zero-order valence-electron chi connectivity index (χ0n) is 12.6. The third kappa shape index (κ3) is 3.00. The molecule has 2 heterocycles. The fourth-order valence-electron chi connectivity index (χ4n) is 2.27. The number of carbonyl (C=O) groups is 1. The molecule has 118 valence electrons. The maximum Gasteiger partial charge on any atom is 0.262 e. The highest BCUT2D eigenvalue weighted by Crippen LogP contribution is 2.25. The van der Waals surface area contributed by atoms with E-state index in [2.05, 4.69) is 10.3 Å². The van der Waals surface area contributed by atoms with Gasteiger partial charge in [0.15, 0.2) is 0 Å². The number of carbonyl (C=O) groups excluding carboxylic acids is 1. The smallest absolute Gasteiger partial charge is 0.262 e. The number of hydrogen-bond acceptors (Lipinski definition) is 4. The maximum absolute atomic E-state index is 12.8. The molecular formula is C16H14FN3O2S. The number of aryl methyl sites for hydroxylation is 2. The lowest BCUT2D eigenvalue weighted by molar-refractivity contribution is -0.116. The Morgan fingerprint density at radius 2 is 2.00 bits per heavy atom. The highest BCUT2D eigenvalue weighted by Gasteiger charge is 2.13. The van der Waals surface area contributed by atoms with Crippen LogP contribution in [-0.2, 0) is 11.3 Å². The summed E-state index contributed by atoms with van der Waals surface area (Å²) < 4.78 is 14.1. The molecule has 0 aliphatic rings. The van der Waals surface area contributed by atoms with E-state index in [4.69, 9.17) is 0 Å². The lowest BCUT2D eigenvalue weighted by Gasteiger charge is -2.07. The van der Waals surface area contributed by atoms with Gasteiger partial charge < -0.3 is 5.32 Å². The van der Waals surface area contributed by atoms with Gasteiger partial charge in [-0.2, -0.15) is 0 Å². The van der Waals surface area contributed by atoms with E-state index in [0.29, 0.717) is 15.9 Å². The number of nitrogens with zero attached hydrogens (tertiary/aromatic N) is 2. The van der Waals surface area contributed by atoms with Gasteiger partial charge in [-0.1, -0.05) is 0 Å². The van der Waals surface area contributed by atoms with Gasteiger partial charge in [-0.3, -0.25) is 14.2 Å². The summed E-state index contributed by atoms with van der Waals surface area (Å²) in [5.74, 6) is -0.748. The second-order valence-corrected chi connectivity index (χ2v) is 6.40. The van der Waals surface area contributed by atoms with Crippen molar-refractivity contribution in [2.45, 2.75) is 20.4 Å². The van der Waals surface area contributed by atoms with Crippen molar-refractivity contribution >= 4 is 33.1 Å². The Balaban J connectivity index is 1.85. The molecule has 0 saturated carbocycles. The molecule has 3 aromatic rings. The van der Waals surface area contributed by atoms with Crippen molar-refractivity contribution in [1.82, 2.24) is 9.55 Å². The molecule has 5 nitrogen and oxygen atoms in total. The van der Waals surface area contributed by atoms with Gasteiger partial charge in [0.2, 0.25) is 5.91 Å². The van der Waals surface area contributed by atoms with E-state index in [1.165, 1.54) is 46.5 Å². The van der Waals surface area contributed by atoms with Crippen LogP contribution in [-0.4, -0.2) is 15.5 Å². The van der Waals surface area contributed by atoms with Gasteiger partial charge in [-0.05, 0) is 43.7 Å². The highest BCUT2D eigenvalue weighted by molar-refractivity contribution is 7.18. The number of thiophene rings is 1. The summed E-state index contributed by atoms with van der Waals surface area (Å²) in [4.78, 5) is 30.5. The van der Waals surface area contributed by atoms with E-state index in [1.54, 1.807) is 0 Å². The molecule has 23 heavy (non-hydrogen) atoms. The minimum absolute atomic E-state index is 0.145. The number of halogens is 1. The van der Waals surface area contributed by atoms with Gasteiger partial charge in [0.05, 0.1) is 11.7 Å². The molecular weight excluding hydrogens is 317 g/mol. The first-order valence-electron chi connectivity index (χ1n) is 6.96. The first kappa shape index (κ1) is 15.4. The minimum atomic E-state index is -0.378. The van der Waals surface area contributed by atoms with Gasteiger partial charge in [0.25, 0.3) is 5.56 Å². The SMILES string of the molecule is Cc1sc2ncn(CC(=O)Nc3ccc(F)cc3)c(=O)c2c1C. The topological polar surface area (TPSA) is 64.0 Å². The molecule has 0 unspecified atom stereocenters. The van der Waals surface area contributed by atoms with E-state index < -0.39 is 0 Å². The predicted octanol–water partition coefficient (Wildman–Crippen LogP) is 2.85. The molecule has 0 bridgehead atoms. The van der Waals surface area contributed by atoms with Crippen molar-refractivity contribution in [1.29, 1.82) is 0 Å². The highest BCUT2D eigenvalue weighted by atomic mass is 32.1. The standard InChI is InChI=1S/C16H14FN3O2S/c1-9-10(2)23-15-14(9)16(22)20(8-18-15)7-13(21)19-12-5-3-11(17)4-6-12/h3-6,8H,7H2,1-2H3,(H,19,21). The summed E-state index contributed by atoms with van der Waals surface area (Å²) in [5.41, 5.74) is 1.14. The van der Waals surface area contributed by atoms with Crippen molar-refractivity contribution in [3.05, 3.63) is 57.2 Å². The molecule has 0 radical (unpaired) electrons. The Hall–Kier alpha value is -2.54. The Bertz CT molecular complexity index is 944. The second-order valence-electron chi connectivity index (χ2n) is 5.20. The van der Waals surface area contributed by atoms with E-state index in [-0.39, 0.29) is 23.8 Å². The number of fused-ring (bicyclic) bond motifs is 1. The summed E-state index contributed by atoms with van der Waals surface area (Å²) in [5, 5.41) is 3.18. The number of benzene rings is 1. The Morgan fingerprint density at radius 3 is 2.70 bits per heavy atom. The van der Waals surface area contributed by atoms with Crippen LogP contribution in [0.1, 0.15) is 10.4 Å². The fourth-order valence-corrected chi connectivity index (χ4v) is 3.26. The van der Waals surface area contributed by atoms with E-state index in [1.807, 2.05) is 13.8 Å². The molecule has 1 N–H and O–H groups in total. The first-order valence-corrected chi connectivity index (χ1v) is 7.78. The van der Waals surface area contributed by atoms with Crippen LogP contribution in [0, 0.1) is 19.7 Å². The number of nitrogens with one attached hydrogen (secondary N) is 1. The number of rotatable bonds is 3. The molecule has 2 aromatic heterocycles. The minimum Gasteiger partial charge on any atom is -0.325 e. The van der Waals surface area contributed by atoms with E-state index in [9.17, 15) is 14.0 Å². The predicted molar refractivity (Wildman–Crippen MR) is 88.4 cm³/mol. The monoisotopic (exact) mass is 331 g/mol. The number of aromatic nitrogens is 2. The third-order valence-corrected chi connectivity index (χ3v) is 4.71. The van der Waals surface area contributed by atoms with Crippen molar-refractivity contribution in [3.8, 4) is 0 Å². The molecule has 0 atom stereocenters. The Morgan fingerprint density at radius 1 is 1.30 bits per heavy atom. The van der Waals surface area contributed by atoms with Gasteiger partial charge in [-0.25, -0.2) is 9.37 Å². The molecule has 0 aliphatic carbocycles. The zero-order chi connectivity index (χ0) is 16.6. The van der Waals surface area contributed by atoms with E-state index >= 15 is 0 Å². The molecule has 3 rings (SSSR count). The lowest BCUT2D eigenvalue weighted by atomic mass is 10.2. The third-order valence-electron chi connectivity index (χ3n) is 3.60. The largest absolute Gasteiger partial charge is 0.325 e. The fraction of sp³-hybridized carbons (Fsp3) is 0.188. The quantitative estimate of drug-likeness (QED) is 0.803. The maximum atomic E-state index is 12.8. The normalized spacial score (nSPS) is 10.9. The van der Waals surface area contributed by atoms with Crippen molar-refractivity contribution in [2.24, 2.45) is 0 Å². The molecule has 0 aliphatic heterocycles. The molecule has 0 spiro atoms. The van der Waals surface area contributed by atoms with Crippen LogP contribution in [0.5, 0.6) is 0 Å². The van der Waals surface area contributed by atoms with Crippen LogP contribution in [0.15, 0.2) is 35.4 Å². The number of anilines is 1. The summed E-state index contributed by atoms with van der Waals surface area (Å²) in [6.45, 7) is 3.67. The number of amides is 1. The van der Waals surface area contributed by atoms with Crippen molar-refractivity contribution < 1.29 is 9.18 Å². The summed E-state index contributed by atoms with van der Waals surface area (Å²) in [6.07, 6.45) is 1.38. The lowest BCUT2D eigenvalue weighted by Crippen LogP contribution is -2.27. The van der Waals surface area contributed by atoms with Gasteiger partial charge >= 0.3 is 0 Å². The van der Waals surface area contributed by atoms with Crippen molar-refractivity contribution in [2.75, 3.05) is 5.32 Å². The average molecular weight is 331 g/mol. The van der Waals surface area contributed by atoms with Crippen LogP contribution in [0.2, 0.25) is 0 Å². The first-order chi connectivity index (χ1) is 11.0. The second kappa shape index (κ2) is 5.92. The summed E-state index contributed by atoms with van der Waals surface area (Å²) >= 11 is 1.46. The summed E-state index contributed by atoms with van der Waals surface area (Å²) in [6, 6.07) is 5.44. The molecule has 0 saturated heterocycles. The van der Waals surface area contributed by atoms with Gasteiger partial charge in [0, 0.05) is 10.6 Å². The molecule has 0 fully saturated rings. The van der Waals surface area contributed by atoms with E-state index in [0.717, 1.165) is 10.4 Å². The van der Waals surface area contributed by atoms with Crippen LogP contribution in [0.3, 0.4) is 0 Å². The number of hydrogen-bond donors (Lipinski definition) is 1. The van der Waals surface area contributed by atoms with Gasteiger partial charge in [0.1, 0.15) is 17.2 Å².